The maximum atomic E-state index is 14.4. The first-order chi connectivity index (χ1) is 24.3. The molecule has 21 heteroatoms. The molecule has 0 saturated carbocycles. The Balaban J connectivity index is 0.000000564. The Morgan fingerprint density at radius 2 is 0.865 bits per heavy atom. The van der Waals surface area contributed by atoms with Crippen molar-refractivity contribution in [2.75, 3.05) is 32.0 Å². The Labute approximate surface area is 284 Å². The van der Waals surface area contributed by atoms with Crippen LogP contribution in [0.2, 0.25) is 0 Å². The van der Waals surface area contributed by atoms with Crippen LogP contribution in [0.15, 0.2) is 18.2 Å². The van der Waals surface area contributed by atoms with Gasteiger partial charge in [-0.05, 0) is 32.9 Å². The summed E-state index contributed by atoms with van der Waals surface area (Å²) in [5.74, 6) is -39.3. The Morgan fingerprint density at radius 3 is 1.21 bits per heavy atom. The number of benzene rings is 4. The summed E-state index contributed by atoms with van der Waals surface area (Å²) < 4.78 is 215. The molecule has 5 nitrogen and oxygen atoms in total. The minimum atomic E-state index is -2.86. The highest BCUT2D eigenvalue weighted by atomic mass is 19.2. The largest absolute Gasteiger partial charge is 0.864 e. The highest BCUT2D eigenvalue weighted by Crippen LogP contribution is 2.38. The minimum Gasteiger partial charge on any atom is -0.484 e. The zero-order chi connectivity index (χ0) is 39.4. The number of halogens is 15. The van der Waals surface area contributed by atoms with Crippen LogP contribution in [0, 0.1) is 93.3 Å². The van der Waals surface area contributed by atoms with E-state index in [0.717, 1.165) is 6.07 Å². The number of hydrogen-bond donors (Lipinski definition) is 1. The van der Waals surface area contributed by atoms with E-state index in [1.54, 1.807) is 33.9 Å². The van der Waals surface area contributed by atoms with Crippen molar-refractivity contribution in [3.05, 3.63) is 112 Å². The van der Waals surface area contributed by atoms with Crippen molar-refractivity contribution in [3.63, 3.8) is 0 Å². The van der Waals surface area contributed by atoms with Crippen LogP contribution < -0.4 is 23.8 Å². The van der Waals surface area contributed by atoms with E-state index in [0.29, 0.717) is 31.0 Å². The molecule has 4 aromatic rings. The molecule has 282 valence electrons. The number of hydrogen-bond acceptors (Lipinski definition) is 4. The molecule has 0 heterocycles. The van der Waals surface area contributed by atoms with E-state index in [4.69, 9.17) is 14.0 Å². The van der Waals surface area contributed by atoms with Crippen LogP contribution in [-0.2, 0) is 0 Å². The molecule has 0 radical (unpaired) electrons. The van der Waals surface area contributed by atoms with E-state index in [-0.39, 0.29) is 10.2 Å². The number of quaternary nitrogens is 1. The van der Waals surface area contributed by atoms with Gasteiger partial charge in [-0.15, -0.1) is 6.07 Å². The Bertz CT molecular complexity index is 1800. The third-order valence-corrected chi connectivity index (χ3v) is 7.56. The van der Waals surface area contributed by atoms with E-state index < -0.39 is 106 Å². The van der Waals surface area contributed by atoms with Crippen molar-refractivity contribution < 1.29 is 79.8 Å². The number of nitrogens with zero attached hydrogens (tertiary/aromatic N) is 1. The first kappa shape index (κ1) is 41.5. The van der Waals surface area contributed by atoms with Gasteiger partial charge in [0.2, 0.25) is 58.2 Å². The van der Waals surface area contributed by atoms with Gasteiger partial charge in [-0.1, -0.05) is 0 Å². The number of anilines is 1. The SMILES string of the molecule is CC[N+](CC)(CC)c1cc(NC)ccc1OB(Oc1c(F)c(F)c(F)c(F)c1F)Oc1c(F)c(F)c(F)c(F)c1F.Fc1[c-]c(F)c(F)c(F)c1F. The van der Waals surface area contributed by atoms with E-state index in [9.17, 15) is 65.9 Å². The van der Waals surface area contributed by atoms with Gasteiger partial charge in [-0.3, -0.25) is 13.3 Å². The zero-order valence-electron chi connectivity index (χ0n) is 26.8. The molecular formula is C31H22BF15N2O3. The highest BCUT2D eigenvalue weighted by molar-refractivity contribution is 6.39. The second-order valence-corrected chi connectivity index (χ2v) is 10.2. The van der Waals surface area contributed by atoms with Gasteiger partial charge in [-0.25, -0.2) is 39.5 Å². The molecule has 52 heavy (non-hydrogen) atoms. The lowest BCUT2D eigenvalue weighted by Gasteiger charge is -2.36. The Morgan fingerprint density at radius 1 is 0.519 bits per heavy atom. The monoisotopic (exact) mass is 766 g/mol. The topological polar surface area (TPSA) is 39.7 Å². The zero-order valence-corrected chi connectivity index (χ0v) is 26.8. The van der Waals surface area contributed by atoms with Crippen LogP contribution in [-0.4, -0.2) is 34.0 Å². The van der Waals surface area contributed by atoms with Gasteiger partial charge in [0.25, 0.3) is 0 Å². The summed E-state index contributed by atoms with van der Waals surface area (Å²) in [5, 5.41) is 2.87. The van der Waals surface area contributed by atoms with E-state index in [1.807, 2.05) is 0 Å². The lowest BCUT2D eigenvalue weighted by Crippen LogP contribution is -2.49. The van der Waals surface area contributed by atoms with Gasteiger partial charge in [0.1, 0.15) is 0 Å². The normalized spacial score (nSPS) is 11.2. The molecule has 0 aliphatic rings. The van der Waals surface area contributed by atoms with E-state index in [1.165, 1.54) is 12.1 Å². The van der Waals surface area contributed by atoms with Crippen LogP contribution in [0.1, 0.15) is 20.8 Å². The average molecular weight is 766 g/mol. The molecule has 0 fully saturated rings. The van der Waals surface area contributed by atoms with E-state index >= 15 is 0 Å². The van der Waals surface area contributed by atoms with Crippen molar-refractivity contribution in [2.24, 2.45) is 0 Å². The quantitative estimate of drug-likeness (QED) is 0.0413. The molecule has 0 aromatic heterocycles. The lowest BCUT2D eigenvalue weighted by molar-refractivity contribution is 0.254. The summed E-state index contributed by atoms with van der Waals surface area (Å²) in [4.78, 5) is 0. The molecule has 0 spiro atoms. The molecule has 4 aromatic carbocycles. The van der Waals surface area contributed by atoms with E-state index in [2.05, 4.69) is 5.32 Å². The van der Waals surface area contributed by atoms with Gasteiger partial charge in [0.05, 0.1) is 48.7 Å². The molecular weight excluding hydrogens is 744 g/mol. The molecule has 0 unspecified atom stereocenters. The Hall–Kier alpha value is -4.95. The first-order valence-corrected chi connectivity index (χ1v) is 14.4. The van der Waals surface area contributed by atoms with Gasteiger partial charge in [0.15, 0.2) is 22.9 Å². The van der Waals surface area contributed by atoms with Gasteiger partial charge in [-0.2, -0.15) is 17.6 Å². The molecule has 4 rings (SSSR count). The minimum absolute atomic E-state index is 0.155. The summed E-state index contributed by atoms with van der Waals surface area (Å²) in [5.41, 5.74) is 0.861. The highest BCUT2D eigenvalue weighted by Gasteiger charge is 2.41. The number of rotatable bonds is 11. The van der Waals surface area contributed by atoms with Gasteiger partial charge < -0.3 is 19.3 Å². The Kier molecular flexibility index (Phi) is 13.2. The van der Waals surface area contributed by atoms with Crippen LogP contribution in [0.25, 0.3) is 0 Å². The van der Waals surface area contributed by atoms with Crippen molar-refractivity contribution >= 4 is 18.7 Å². The summed E-state index contributed by atoms with van der Waals surface area (Å²) in [6.07, 6.45) is 0. The first-order valence-electron chi connectivity index (χ1n) is 14.4. The molecule has 0 saturated heterocycles. The summed E-state index contributed by atoms with van der Waals surface area (Å²) in [7, 11) is -1.28. The summed E-state index contributed by atoms with van der Waals surface area (Å²) in [6, 6.07) is 5.27. The summed E-state index contributed by atoms with van der Waals surface area (Å²) in [6.45, 7) is 6.69. The average Bonchev–Trinajstić information content (AvgIpc) is 3.14. The fourth-order valence-corrected chi connectivity index (χ4v) is 4.56. The third-order valence-electron chi connectivity index (χ3n) is 7.56. The number of nitrogens with one attached hydrogen (secondary N) is 1. The van der Waals surface area contributed by atoms with Crippen LogP contribution in [0.3, 0.4) is 0 Å². The van der Waals surface area contributed by atoms with Crippen LogP contribution >= 0.6 is 0 Å². The van der Waals surface area contributed by atoms with Crippen molar-refractivity contribution in [1.29, 1.82) is 0 Å². The second kappa shape index (κ2) is 16.6. The molecule has 0 bridgehead atoms. The summed E-state index contributed by atoms with van der Waals surface area (Å²) >= 11 is 0. The van der Waals surface area contributed by atoms with Crippen molar-refractivity contribution in [1.82, 2.24) is 4.48 Å². The third kappa shape index (κ3) is 7.92. The van der Waals surface area contributed by atoms with Crippen molar-refractivity contribution in [2.45, 2.75) is 20.8 Å². The van der Waals surface area contributed by atoms with Crippen LogP contribution in [0.5, 0.6) is 17.2 Å². The maximum Gasteiger partial charge on any atom is 0.864 e. The van der Waals surface area contributed by atoms with Gasteiger partial charge >= 0.3 is 7.32 Å². The molecule has 0 atom stereocenters. The predicted octanol–water partition coefficient (Wildman–Crippen LogP) is 9.19. The second-order valence-electron chi connectivity index (χ2n) is 10.2. The molecule has 0 amide bonds. The van der Waals surface area contributed by atoms with Crippen molar-refractivity contribution in [3.8, 4) is 17.2 Å². The maximum absolute atomic E-state index is 14.4. The molecule has 0 aliphatic heterocycles. The smallest absolute Gasteiger partial charge is 0.484 e. The lowest BCUT2D eigenvalue weighted by atomic mass is 10.1. The predicted molar refractivity (Wildman–Crippen MR) is 155 cm³/mol. The van der Waals surface area contributed by atoms with Gasteiger partial charge in [0, 0.05) is 18.8 Å². The molecule has 0 aliphatic carbocycles. The van der Waals surface area contributed by atoms with Crippen LogP contribution in [0.4, 0.5) is 77.2 Å². The standard InChI is InChI=1S/C25H22BF10N2O3.C6F5/c1-5-38(6-2,7-3)12-10-11(37-4)8-9-13(12)39-26(40-24-20(33)16(29)14(27)17(30)21(24)34)41-25-22(35)18(31)15(28)19(32)23(25)36;7-2-1-3(8)5(10)6(11)4(2)9/h8-10,37H,5-7H2,1-4H3;/q+1;-1. The molecule has 1 N–H and O–H groups in total. The fourth-order valence-electron chi connectivity index (χ4n) is 4.56. The fraction of sp³-hybridized carbons (Fsp3) is 0.226.